The highest BCUT2D eigenvalue weighted by molar-refractivity contribution is 5.78. The Hall–Kier alpha value is -2.33. The Kier molecular flexibility index (Phi) is 5.16. The molecule has 24 heavy (non-hydrogen) atoms. The van der Waals surface area contributed by atoms with Gasteiger partial charge in [0.1, 0.15) is 5.75 Å². The number of rotatable bonds is 5. The second-order valence-electron chi connectivity index (χ2n) is 6.20. The molecule has 2 aromatic carbocycles. The average molecular weight is 325 g/mol. The van der Waals surface area contributed by atoms with E-state index in [2.05, 4.69) is 18.2 Å². The van der Waals surface area contributed by atoms with Gasteiger partial charge in [-0.3, -0.25) is 4.79 Å². The molecule has 2 aromatic rings. The molecule has 1 aliphatic rings. The average Bonchev–Trinajstić information content (AvgIpc) is 2.62. The number of ether oxygens (including phenoxy) is 2. The third-order valence-electron chi connectivity index (χ3n) is 4.46. The zero-order chi connectivity index (χ0) is 16.9. The molecule has 1 atom stereocenters. The van der Waals surface area contributed by atoms with Gasteiger partial charge < -0.3 is 14.4 Å². The first kappa shape index (κ1) is 16.5. The Labute approximate surface area is 143 Å². The van der Waals surface area contributed by atoms with Gasteiger partial charge in [0.05, 0.1) is 26.2 Å². The molecule has 0 aliphatic carbocycles. The number of hydrogen-bond donors (Lipinski definition) is 0. The number of likely N-dealkylation sites (N-methyl/N-ethyl adjacent to an activating group) is 1. The third-order valence-corrected chi connectivity index (χ3v) is 4.46. The molecule has 0 fully saturated rings. The van der Waals surface area contributed by atoms with Crippen molar-refractivity contribution in [2.45, 2.75) is 25.6 Å². The van der Waals surface area contributed by atoms with E-state index >= 15 is 0 Å². The molecule has 0 N–H and O–H groups in total. The van der Waals surface area contributed by atoms with Gasteiger partial charge in [0.25, 0.3) is 0 Å². The summed E-state index contributed by atoms with van der Waals surface area (Å²) in [4.78, 5) is 14.2. The maximum Gasteiger partial charge on any atom is 0.226 e. The van der Waals surface area contributed by atoms with Crippen molar-refractivity contribution in [3.8, 4) is 5.75 Å². The summed E-state index contributed by atoms with van der Waals surface area (Å²) >= 11 is 0. The van der Waals surface area contributed by atoms with Crippen LogP contribution < -0.4 is 4.74 Å². The van der Waals surface area contributed by atoms with Crippen molar-refractivity contribution in [2.75, 3.05) is 20.7 Å². The minimum absolute atomic E-state index is 0.0599. The molecular weight excluding hydrogens is 302 g/mol. The zero-order valence-corrected chi connectivity index (χ0v) is 14.2. The summed E-state index contributed by atoms with van der Waals surface area (Å²) in [5.41, 5.74) is 3.56. The highest BCUT2D eigenvalue weighted by Gasteiger charge is 2.22. The van der Waals surface area contributed by atoms with Gasteiger partial charge in [-0.2, -0.15) is 0 Å². The lowest BCUT2D eigenvalue weighted by molar-refractivity contribution is -0.131. The van der Waals surface area contributed by atoms with Gasteiger partial charge in [0, 0.05) is 20.0 Å². The first-order valence-electron chi connectivity index (χ1n) is 8.21. The monoisotopic (exact) mass is 325 g/mol. The lowest BCUT2D eigenvalue weighted by atomic mass is 9.99. The Morgan fingerprint density at radius 2 is 1.88 bits per heavy atom. The van der Waals surface area contributed by atoms with E-state index in [-0.39, 0.29) is 12.0 Å². The number of nitrogens with zero attached hydrogens (tertiary/aromatic N) is 1. The summed E-state index contributed by atoms with van der Waals surface area (Å²) in [5, 5.41) is 0. The Balaban J connectivity index is 1.54. The summed E-state index contributed by atoms with van der Waals surface area (Å²) in [6.45, 7) is 1.24. The number of amides is 1. The summed E-state index contributed by atoms with van der Waals surface area (Å²) in [6.07, 6.45) is 1.31. The summed E-state index contributed by atoms with van der Waals surface area (Å²) in [7, 11) is 3.48. The van der Waals surface area contributed by atoms with Crippen LogP contribution in [0.2, 0.25) is 0 Å². The molecule has 0 radical (unpaired) electrons. The van der Waals surface area contributed by atoms with Gasteiger partial charge in [0.2, 0.25) is 5.91 Å². The van der Waals surface area contributed by atoms with Gasteiger partial charge >= 0.3 is 0 Å². The lowest BCUT2D eigenvalue weighted by Gasteiger charge is -2.29. The van der Waals surface area contributed by atoms with Crippen molar-refractivity contribution in [3.05, 3.63) is 65.2 Å². The molecular formula is C20H23NO3. The first-order valence-corrected chi connectivity index (χ1v) is 8.21. The Bertz CT molecular complexity index is 696. The second-order valence-corrected chi connectivity index (χ2v) is 6.20. The fraction of sp³-hybridized carbons (Fsp3) is 0.350. The molecule has 0 bridgehead atoms. The SMILES string of the molecule is COc1ccc(CC(=O)N(C)CC2Cc3ccccc3CO2)cc1. The fourth-order valence-electron chi connectivity index (χ4n) is 2.99. The number of carbonyl (C=O) groups excluding carboxylic acids is 1. The summed E-state index contributed by atoms with van der Waals surface area (Å²) in [6, 6.07) is 15.9. The van der Waals surface area contributed by atoms with E-state index < -0.39 is 0 Å². The first-order chi connectivity index (χ1) is 11.7. The highest BCUT2D eigenvalue weighted by Crippen LogP contribution is 2.21. The molecule has 4 nitrogen and oxygen atoms in total. The van der Waals surface area contributed by atoms with Crippen molar-refractivity contribution in [1.29, 1.82) is 0 Å². The second kappa shape index (κ2) is 7.49. The predicted molar refractivity (Wildman–Crippen MR) is 93.1 cm³/mol. The largest absolute Gasteiger partial charge is 0.497 e. The lowest BCUT2D eigenvalue weighted by Crippen LogP contribution is -2.38. The van der Waals surface area contributed by atoms with Crippen LogP contribution in [0.1, 0.15) is 16.7 Å². The van der Waals surface area contributed by atoms with Crippen LogP contribution in [0.3, 0.4) is 0 Å². The standard InChI is InChI=1S/C20H23NO3/c1-21(20(22)11-15-7-9-18(23-2)10-8-15)13-19-12-16-5-3-4-6-17(16)14-24-19/h3-10,19H,11-14H2,1-2H3. The maximum absolute atomic E-state index is 12.4. The van der Waals surface area contributed by atoms with E-state index in [1.807, 2.05) is 37.4 Å². The van der Waals surface area contributed by atoms with Crippen molar-refractivity contribution >= 4 is 5.91 Å². The molecule has 3 rings (SSSR count). The van der Waals surface area contributed by atoms with Gasteiger partial charge in [-0.25, -0.2) is 0 Å². The number of carbonyl (C=O) groups is 1. The van der Waals surface area contributed by atoms with Crippen LogP contribution in [-0.2, 0) is 29.0 Å². The quantitative estimate of drug-likeness (QED) is 0.848. The zero-order valence-electron chi connectivity index (χ0n) is 14.2. The van der Waals surface area contributed by atoms with Crippen LogP contribution in [0.25, 0.3) is 0 Å². The third kappa shape index (κ3) is 3.95. The Morgan fingerprint density at radius 1 is 1.17 bits per heavy atom. The number of fused-ring (bicyclic) bond motifs is 1. The van der Waals surface area contributed by atoms with Crippen LogP contribution in [0.5, 0.6) is 5.75 Å². The normalized spacial score (nSPS) is 16.3. The van der Waals surface area contributed by atoms with Crippen molar-refractivity contribution in [3.63, 3.8) is 0 Å². The molecule has 4 heteroatoms. The minimum atomic E-state index is 0.0599. The van der Waals surface area contributed by atoms with Crippen molar-refractivity contribution in [2.24, 2.45) is 0 Å². The topological polar surface area (TPSA) is 38.8 Å². The van der Waals surface area contributed by atoms with E-state index in [4.69, 9.17) is 9.47 Å². The van der Waals surface area contributed by atoms with Gasteiger partial charge in [-0.15, -0.1) is 0 Å². The maximum atomic E-state index is 12.4. The minimum Gasteiger partial charge on any atom is -0.497 e. The van der Waals surface area contributed by atoms with Crippen LogP contribution >= 0.6 is 0 Å². The fourth-order valence-corrected chi connectivity index (χ4v) is 2.99. The van der Waals surface area contributed by atoms with Crippen molar-refractivity contribution in [1.82, 2.24) is 4.90 Å². The van der Waals surface area contributed by atoms with Gasteiger partial charge in [-0.1, -0.05) is 36.4 Å². The Morgan fingerprint density at radius 3 is 2.58 bits per heavy atom. The summed E-state index contributed by atoms with van der Waals surface area (Å²) in [5.74, 6) is 0.899. The van der Waals surface area contributed by atoms with Gasteiger partial charge in [-0.05, 0) is 28.8 Å². The van der Waals surface area contributed by atoms with Crippen LogP contribution in [0, 0.1) is 0 Å². The summed E-state index contributed by atoms with van der Waals surface area (Å²) < 4.78 is 11.0. The molecule has 1 amide bonds. The van der Waals surface area contributed by atoms with Crippen LogP contribution in [-0.4, -0.2) is 37.6 Å². The molecule has 126 valence electrons. The molecule has 0 spiro atoms. The number of methoxy groups -OCH3 is 1. The van der Waals surface area contributed by atoms with E-state index in [0.717, 1.165) is 17.7 Å². The molecule has 1 aliphatic heterocycles. The van der Waals surface area contributed by atoms with Gasteiger partial charge in [0.15, 0.2) is 0 Å². The smallest absolute Gasteiger partial charge is 0.226 e. The van der Waals surface area contributed by atoms with E-state index in [9.17, 15) is 4.79 Å². The van der Waals surface area contributed by atoms with E-state index in [0.29, 0.717) is 19.6 Å². The highest BCUT2D eigenvalue weighted by atomic mass is 16.5. The predicted octanol–water partition coefficient (Wildman–Crippen LogP) is 2.84. The van der Waals surface area contributed by atoms with Crippen molar-refractivity contribution < 1.29 is 14.3 Å². The molecule has 0 saturated carbocycles. The molecule has 1 unspecified atom stereocenters. The number of benzene rings is 2. The van der Waals surface area contributed by atoms with E-state index in [1.54, 1.807) is 12.0 Å². The number of hydrogen-bond acceptors (Lipinski definition) is 3. The van der Waals surface area contributed by atoms with Crippen LogP contribution in [0.15, 0.2) is 48.5 Å². The molecule has 0 saturated heterocycles. The molecule has 1 heterocycles. The van der Waals surface area contributed by atoms with E-state index in [1.165, 1.54) is 11.1 Å². The molecule has 0 aromatic heterocycles. The van der Waals surface area contributed by atoms with Crippen LogP contribution in [0.4, 0.5) is 0 Å².